The van der Waals surface area contributed by atoms with Crippen LogP contribution in [0.1, 0.15) is 12.0 Å². The van der Waals surface area contributed by atoms with Crippen molar-refractivity contribution < 1.29 is 13.2 Å². The summed E-state index contributed by atoms with van der Waals surface area (Å²) < 4.78 is 22.3. The fourth-order valence-corrected chi connectivity index (χ4v) is 3.51. The Hall–Kier alpha value is -2.26. The number of aryl methyl sites for hydroxylation is 1. The Labute approximate surface area is 133 Å². The third-order valence-electron chi connectivity index (χ3n) is 3.71. The number of aromatic amines is 1. The molecule has 0 bridgehead atoms. The highest BCUT2D eigenvalue weighted by atomic mass is 32.2. The van der Waals surface area contributed by atoms with Crippen molar-refractivity contribution in [3.8, 4) is 11.4 Å². The van der Waals surface area contributed by atoms with Crippen LogP contribution >= 0.6 is 0 Å². The molecule has 1 amide bonds. The highest BCUT2D eigenvalue weighted by molar-refractivity contribution is 7.89. The first kappa shape index (κ1) is 15.6. The lowest BCUT2D eigenvalue weighted by atomic mass is 10.1. The normalized spacial score (nSPS) is 18.6. The summed E-state index contributed by atoms with van der Waals surface area (Å²) in [6, 6.07) is 7.74. The van der Waals surface area contributed by atoms with E-state index >= 15 is 0 Å². The maximum Gasteiger partial charge on any atom is 0.251 e. The Morgan fingerprint density at radius 2 is 2.04 bits per heavy atom. The van der Waals surface area contributed by atoms with Crippen molar-refractivity contribution in [2.45, 2.75) is 13.3 Å². The number of nitrogens with two attached hydrogens (primary N) is 1. The minimum Gasteiger partial charge on any atom is -0.279 e. The van der Waals surface area contributed by atoms with Gasteiger partial charge in [-0.2, -0.15) is 4.98 Å². The van der Waals surface area contributed by atoms with Gasteiger partial charge in [0.1, 0.15) is 0 Å². The van der Waals surface area contributed by atoms with Crippen LogP contribution in [-0.4, -0.2) is 41.8 Å². The van der Waals surface area contributed by atoms with Gasteiger partial charge in [-0.15, -0.1) is 5.10 Å². The Morgan fingerprint density at radius 3 is 2.70 bits per heavy atom. The van der Waals surface area contributed by atoms with Gasteiger partial charge in [-0.1, -0.05) is 29.8 Å². The quantitative estimate of drug-likeness (QED) is 0.838. The molecule has 0 aliphatic carbocycles. The molecule has 1 saturated heterocycles. The van der Waals surface area contributed by atoms with Crippen LogP contribution in [0.3, 0.4) is 0 Å². The highest BCUT2D eigenvalue weighted by Crippen LogP contribution is 2.25. The third-order valence-corrected chi connectivity index (χ3v) is 4.65. The van der Waals surface area contributed by atoms with Crippen molar-refractivity contribution in [2.75, 3.05) is 17.2 Å². The number of rotatable bonds is 4. The number of primary sulfonamides is 1. The molecule has 0 radical (unpaired) electrons. The van der Waals surface area contributed by atoms with E-state index in [2.05, 4.69) is 15.2 Å². The van der Waals surface area contributed by atoms with Crippen LogP contribution in [0.4, 0.5) is 5.95 Å². The van der Waals surface area contributed by atoms with Gasteiger partial charge in [0.15, 0.2) is 5.82 Å². The standard InChI is InChI=1S/C14H17N5O3S/c1-9-2-4-11(5-3-9)13-16-14(18-17-13)19-7-10(6-12(19)20)8-23(15,21)22/h2-5,10H,6-8H2,1H3,(H2,15,21,22)(H,16,17,18). The zero-order valence-electron chi connectivity index (χ0n) is 12.6. The van der Waals surface area contributed by atoms with E-state index in [1.54, 1.807) is 0 Å². The van der Waals surface area contributed by atoms with Gasteiger partial charge in [-0.05, 0) is 6.92 Å². The molecule has 1 aliphatic heterocycles. The first-order valence-corrected chi connectivity index (χ1v) is 8.83. The monoisotopic (exact) mass is 335 g/mol. The smallest absolute Gasteiger partial charge is 0.251 e. The number of carbonyl (C=O) groups is 1. The average Bonchev–Trinajstić information content (AvgIpc) is 3.04. The second-order valence-electron chi connectivity index (χ2n) is 5.75. The molecule has 3 rings (SSSR count). The summed E-state index contributed by atoms with van der Waals surface area (Å²) in [4.78, 5) is 17.8. The minimum atomic E-state index is -3.61. The van der Waals surface area contributed by atoms with Gasteiger partial charge in [0.25, 0.3) is 5.95 Å². The summed E-state index contributed by atoms with van der Waals surface area (Å²) >= 11 is 0. The summed E-state index contributed by atoms with van der Waals surface area (Å²) in [6.45, 7) is 2.24. The van der Waals surface area contributed by atoms with E-state index in [4.69, 9.17) is 5.14 Å². The number of sulfonamides is 1. The summed E-state index contributed by atoms with van der Waals surface area (Å²) in [7, 11) is -3.61. The maximum atomic E-state index is 12.1. The van der Waals surface area contributed by atoms with Crippen LogP contribution in [0.5, 0.6) is 0 Å². The molecule has 2 heterocycles. The number of amides is 1. The van der Waals surface area contributed by atoms with E-state index in [0.29, 0.717) is 5.82 Å². The minimum absolute atomic E-state index is 0.130. The van der Waals surface area contributed by atoms with Gasteiger partial charge in [0.05, 0.1) is 5.75 Å². The van der Waals surface area contributed by atoms with E-state index in [-0.39, 0.29) is 36.5 Å². The fourth-order valence-electron chi connectivity index (χ4n) is 2.63. The van der Waals surface area contributed by atoms with E-state index < -0.39 is 10.0 Å². The number of nitrogens with one attached hydrogen (secondary N) is 1. The molecule has 1 aromatic heterocycles. The van der Waals surface area contributed by atoms with E-state index in [1.807, 2.05) is 31.2 Å². The Morgan fingerprint density at radius 1 is 1.35 bits per heavy atom. The molecule has 1 aromatic carbocycles. The molecular weight excluding hydrogens is 318 g/mol. The number of nitrogens with zero attached hydrogens (tertiary/aromatic N) is 3. The predicted molar refractivity (Wildman–Crippen MR) is 85.0 cm³/mol. The largest absolute Gasteiger partial charge is 0.279 e. The first-order valence-electron chi connectivity index (χ1n) is 7.12. The number of carbonyl (C=O) groups excluding carboxylic acids is 1. The number of aromatic nitrogens is 3. The van der Waals surface area contributed by atoms with Crippen LogP contribution < -0.4 is 10.0 Å². The molecule has 1 atom stereocenters. The van der Waals surface area contributed by atoms with Crippen LogP contribution in [0.25, 0.3) is 11.4 Å². The molecule has 0 spiro atoms. The summed E-state index contributed by atoms with van der Waals surface area (Å²) in [5.74, 6) is 0.0573. The van der Waals surface area contributed by atoms with Gasteiger partial charge in [-0.3, -0.25) is 14.8 Å². The lowest BCUT2D eigenvalue weighted by molar-refractivity contribution is -0.117. The lowest BCUT2D eigenvalue weighted by Crippen LogP contribution is -2.28. The molecule has 23 heavy (non-hydrogen) atoms. The topological polar surface area (TPSA) is 122 Å². The Bertz CT molecular complexity index is 828. The maximum absolute atomic E-state index is 12.1. The molecule has 8 nitrogen and oxygen atoms in total. The predicted octanol–water partition coefficient (Wildman–Crippen LogP) is 0.422. The van der Waals surface area contributed by atoms with Crippen molar-refractivity contribution in [1.82, 2.24) is 15.2 Å². The Kier molecular flexibility index (Phi) is 3.90. The van der Waals surface area contributed by atoms with Crippen LogP contribution in [0, 0.1) is 12.8 Å². The van der Waals surface area contributed by atoms with Crippen LogP contribution in [0.15, 0.2) is 24.3 Å². The van der Waals surface area contributed by atoms with E-state index in [0.717, 1.165) is 11.1 Å². The second kappa shape index (κ2) is 5.74. The number of H-pyrrole nitrogens is 1. The molecule has 1 unspecified atom stereocenters. The highest BCUT2D eigenvalue weighted by Gasteiger charge is 2.34. The van der Waals surface area contributed by atoms with Crippen molar-refractivity contribution in [1.29, 1.82) is 0 Å². The fraction of sp³-hybridized carbons (Fsp3) is 0.357. The van der Waals surface area contributed by atoms with Gasteiger partial charge in [0, 0.05) is 24.4 Å². The molecule has 0 saturated carbocycles. The molecule has 9 heteroatoms. The number of anilines is 1. The number of benzene rings is 1. The zero-order chi connectivity index (χ0) is 16.6. The summed E-state index contributed by atoms with van der Waals surface area (Å²) in [5.41, 5.74) is 2.00. The van der Waals surface area contributed by atoms with Gasteiger partial charge in [0.2, 0.25) is 15.9 Å². The average molecular weight is 335 g/mol. The number of hydrogen-bond acceptors (Lipinski definition) is 5. The van der Waals surface area contributed by atoms with E-state index in [1.165, 1.54) is 4.90 Å². The molecule has 3 N–H and O–H groups in total. The van der Waals surface area contributed by atoms with E-state index in [9.17, 15) is 13.2 Å². The second-order valence-corrected chi connectivity index (χ2v) is 7.41. The zero-order valence-corrected chi connectivity index (χ0v) is 13.4. The van der Waals surface area contributed by atoms with Crippen molar-refractivity contribution >= 4 is 21.9 Å². The molecule has 1 aliphatic rings. The van der Waals surface area contributed by atoms with Crippen molar-refractivity contribution in [3.63, 3.8) is 0 Å². The van der Waals surface area contributed by atoms with Crippen molar-refractivity contribution in [2.24, 2.45) is 11.1 Å². The third kappa shape index (κ3) is 3.57. The van der Waals surface area contributed by atoms with Crippen LogP contribution in [0.2, 0.25) is 0 Å². The van der Waals surface area contributed by atoms with Gasteiger partial charge in [-0.25, -0.2) is 13.6 Å². The lowest BCUT2D eigenvalue weighted by Gasteiger charge is -2.11. The number of hydrogen-bond donors (Lipinski definition) is 2. The summed E-state index contributed by atoms with van der Waals surface area (Å²) in [6.07, 6.45) is 0.130. The summed E-state index contributed by atoms with van der Waals surface area (Å²) in [5, 5.41) is 11.9. The van der Waals surface area contributed by atoms with Gasteiger partial charge >= 0.3 is 0 Å². The van der Waals surface area contributed by atoms with Crippen LogP contribution in [-0.2, 0) is 14.8 Å². The molecule has 1 fully saturated rings. The molecular formula is C14H17N5O3S. The first-order chi connectivity index (χ1) is 10.8. The Balaban J connectivity index is 1.78. The van der Waals surface area contributed by atoms with Crippen molar-refractivity contribution in [3.05, 3.63) is 29.8 Å². The van der Waals surface area contributed by atoms with Gasteiger partial charge < -0.3 is 0 Å². The molecule has 122 valence electrons. The molecule has 2 aromatic rings. The SMILES string of the molecule is Cc1ccc(-c2nc(N3CC(CS(N)(=O)=O)CC3=O)n[nH]2)cc1.